The number of hydrogen-bond acceptors (Lipinski definition) is 4. The van der Waals surface area contributed by atoms with Gasteiger partial charge in [-0.25, -0.2) is 8.70 Å². The van der Waals surface area contributed by atoms with Crippen LogP contribution in [0.1, 0.15) is 47.9 Å². The molecule has 1 aliphatic rings. The van der Waals surface area contributed by atoms with Crippen LogP contribution in [0.4, 0.5) is 10.1 Å². The molecule has 3 aromatic rings. The van der Waals surface area contributed by atoms with Gasteiger partial charge in [0.05, 0.1) is 5.69 Å². The molecule has 4 rings (SSSR count). The third kappa shape index (κ3) is 8.20. The molecule has 2 amide bonds. The Balaban J connectivity index is 1.77. The van der Waals surface area contributed by atoms with Crippen molar-refractivity contribution in [2.24, 2.45) is 0 Å². The molecule has 1 saturated carbocycles. The Morgan fingerprint density at radius 2 is 1.58 bits per heavy atom. The van der Waals surface area contributed by atoms with E-state index in [9.17, 15) is 22.4 Å². The quantitative estimate of drug-likeness (QED) is 0.321. The standard InChI is InChI=1S/C33H41FN4O4S/c1-24-14-15-25(2)30(20-24)38(43(41,42)36(3)4)23-32(39)37(22-27-16-18-28(34)19-17-27)31(21-26-10-6-5-7-11-26)33(40)35-29-12-8-9-13-29/h5-7,10-11,14-20,29,31H,8-9,12-13,21-23H2,1-4H3,(H,35,40)/t31-/m1/s1. The predicted octanol–water partition coefficient (Wildman–Crippen LogP) is 4.75. The second-order valence-corrected chi connectivity index (χ2v) is 13.5. The Labute approximate surface area is 254 Å². The zero-order valence-corrected chi connectivity index (χ0v) is 26.1. The number of amides is 2. The van der Waals surface area contributed by atoms with E-state index in [0.29, 0.717) is 16.8 Å². The highest BCUT2D eigenvalue weighted by atomic mass is 32.2. The number of nitrogens with zero attached hydrogens (tertiary/aromatic N) is 3. The summed E-state index contributed by atoms with van der Waals surface area (Å²) in [6, 6.07) is 19.7. The first kappa shape index (κ1) is 32.2. The lowest BCUT2D eigenvalue weighted by atomic mass is 10.0. The Kier molecular flexibility index (Phi) is 10.6. The van der Waals surface area contributed by atoms with Crippen LogP contribution in [-0.2, 0) is 32.8 Å². The SMILES string of the molecule is Cc1ccc(C)c(N(CC(=O)N(Cc2ccc(F)cc2)[C@H](Cc2ccccc2)C(=O)NC2CCCC2)S(=O)(=O)N(C)C)c1. The fourth-order valence-corrected chi connectivity index (χ4v) is 6.51. The van der Waals surface area contributed by atoms with E-state index < -0.39 is 34.5 Å². The van der Waals surface area contributed by atoms with Gasteiger partial charge in [0.15, 0.2) is 0 Å². The van der Waals surface area contributed by atoms with E-state index in [0.717, 1.165) is 45.4 Å². The van der Waals surface area contributed by atoms with Gasteiger partial charge in [-0.3, -0.25) is 9.59 Å². The van der Waals surface area contributed by atoms with Crippen LogP contribution >= 0.6 is 0 Å². The van der Waals surface area contributed by atoms with Crippen molar-refractivity contribution in [3.8, 4) is 0 Å². The number of carbonyl (C=O) groups excluding carboxylic acids is 2. The van der Waals surface area contributed by atoms with Crippen molar-refractivity contribution in [1.29, 1.82) is 0 Å². The molecule has 3 aromatic carbocycles. The summed E-state index contributed by atoms with van der Waals surface area (Å²) in [5.74, 6) is -1.25. The fourth-order valence-electron chi connectivity index (χ4n) is 5.40. The minimum Gasteiger partial charge on any atom is -0.352 e. The van der Waals surface area contributed by atoms with Gasteiger partial charge in [-0.1, -0.05) is 67.4 Å². The summed E-state index contributed by atoms with van der Waals surface area (Å²) in [6.07, 6.45) is 4.03. The van der Waals surface area contributed by atoms with Crippen LogP contribution in [0.25, 0.3) is 0 Å². The predicted molar refractivity (Wildman–Crippen MR) is 167 cm³/mol. The number of rotatable bonds is 12. The molecule has 10 heteroatoms. The molecule has 0 heterocycles. The first-order valence-electron chi connectivity index (χ1n) is 14.6. The maximum Gasteiger partial charge on any atom is 0.304 e. The van der Waals surface area contributed by atoms with Gasteiger partial charge in [-0.2, -0.15) is 12.7 Å². The highest BCUT2D eigenvalue weighted by Gasteiger charge is 2.36. The molecule has 0 unspecified atom stereocenters. The van der Waals surface area contributed by atoms with Gasteiger partial charge in [-0.05, 0) is 67.1 Å². The third-order valence-electron chi connectivity index (χ3n) is 7.89. The number of anilines is 1. The zero-order chi connectivity index (χ0) is 31.1. The topological polar surface area (TPSA) is 90.0 Å². The van der Waals surface area contributed by atoms with Gasteiger partial charge in [-0.15, -0.1) is 0 Å². The molecule has 230 valence electrons. The Morgan fingerprint density at radius 3 is 2.21 bits per heavy atom. The number of aryl methyl sites for hydroxylation is 2. The molecule has 0 aliphatic heterocycles. The number of carbonyl (C=O) groups is 2. The van der Waals surface area contributed by atoms with Gasteiger partial charge < -0.3 is 10.2 Å². The molecule has 43 heavy (non-hydrogen) atoms. The summed E-state index contributed by atoms with van der Waals surface area (Å²) in [6.45, 7) is 3.13. The average Bonchev–Trinajstić information content (AvgIpc) is 3.49. The van der Waals surface area contributed by atoms with Crippen molar-refractivity contribution >= 4 is 27.7 Å². The Bertz CT molecular complexity index is 1510. The molecular weight excluding hydrogens is 567 g/mol. The van der Waals surface area contributed by atoms with Crippen LogP contribution in [0, 0.1) is 19.7 Å². The molecular formula is C33H41FN4O4S. The van der Waals surface area contributed by atoms with E-state index in [2.05, 4.69) is 5.32 Å². The first-order chi connectivity index (χ1) is 20.5. The maximum atomic E-state index is 14.4. The molecule has 0 saturated heterocycles. The summed E-state index contributed by atoms with van der Waals surface area (Å²) in [4.78, 5) is 29.8. The van der Waals surface area contributed by atoms with E-state index in [1.54, 1.807) is 25.1 Å². The number of halogens is 1. The highest BCUT2D eigenvalue weighted by Crippen LogP contribution is 2.27. The molecule has 0 spiro atoms. The monoisotopic (exact) mass is 608 g/mol. The van der Waals surface area contributed by atoms with Gasteiger partial charge in [0.1, 0.15) is 18.4 Å². The lowest BCUT2D eigenvalue weighted by Crippen LogP contribution is -2.55. The first-order valence-corrected chi connectivity index (χ1v) is 16.0. The molecule has 1 aliphatic carbocycles. The van der Waals surface area contributed by atoms with E-state index >= 15 is 0 Å². The molecule has 1 atom stereocenters. The molecule has 8 nitrogen and oxygen atoms in total. The molecule has 1 N–H and O–H groups in total. The van der Waals surface area contributed by atoms with Crippen molar-refractivity contribution in [2.75, 3.05) is 24.9 Å². The minimum atomic E-state index is -4.09. The van der Waals surface area contributed by atoms with E-state index in [1.807, 2.05) is 49.4 Å². The third-order valence-corrected chi connectivity index (χ3v) is 9.70. The van der Waals surface area contributed by atoms with Crippen LogP contribution < -0.4 is 9.62 Å². The van der Waals surface area contributed by atoms with E-state index in [-0.39, 0.29) is 24.9 Å². The van der Waals surface area contributed by atoms with E-state index in [4.69, 9.17) is 0 Å². The summed E-state index contributed by atoms with van der Waals surface area (Å²) in [7, 11) is -1.26. The van der Waals surface area contributed by atoms with Crippen LogP contribution in [0.2, 0.25) is 0 Å². The van der Waals surface area contributed by atoms with Crippen LogP contribution in [0.3, 0.4) is 0 Å². The smallest absolute Gasteiger partial charge is 0.304 e. The highest BCUT2D eigenvalue weighted by molar-refractivity contribution is 7.90. The Hall–Kier alpha value is -3.76. The summed E-state index contributed by atoms with van der Waals surface area (Å²) in [5, 5.41) is 3.15. The normalized spacial score (nSPS) is 14.5. The van der Waals surface area contributed by atoms with E-state index in [1.165, 1.54) is 31.1 Å². The molecule has 1 fully saturated rings. The Morgan fingerprint density at radius 1 is 0.930 bits per heavy atom. The van der Waals surface area contributed by atoms with Gasteiger partial charge in [0.2, 0.25) is 11.8 Å². The molecule has 0 bridgehead atoms. The maximum absolute atomic E-state index is 14.4. The average molecular weight is 609 g/mol. The largest absolute Gasteiger partial charge is 0.352 e. The van der Waals surface area contributed by atoms with Crippen LogP contribution in [0.5, 0.6) is 0 Å². The van der Waals surface area contributed by atoms with Crippen molar-refractivity contribution in [3.63, 3.8) is 0 Å². The number of nitrogens with one attached hydrogen (secondary N) is 1. The van der Waals surface area contributed by atoms with Crippen LogP contribution in [0.15, 0.2) is 72.8 Å². The fraction of sp³-hybridized carbons (Fsp3) is 0.394. The van der Waals surface area contributed by atoms with Crippen LogP contribution in [-0.4, -0.2) is 62.2 Å². The van der Waals surface area contributed by atoms with Crippen molar-refractivity contribution in [3.05, 3.63) is 101 Å². The van der Waals surface area contributed by atoms with Crippen molar-refractivity contribution < 1.29 is 22.4 Å². The van der Waals surface area contributed by atoms with Crippen molar-refractivity contribution in [2.45, 2.75) is 64.6 Å². The summed E-state index contributed by atoms with van der Waals surface area (Å²) in [5.41, 5.74) is 3.40. The number of hydrogen-bond donors (Lipinski definition) is 1. The van der Waals surface area contributed by atoms with Gasteiger partial charge in [0.25, 0.3) is 0 Å². The summed E-state index contributed by atoms with van der Waals surface area (Å²) >= 11 is 0. The lowest BCUT2D eigenvalue weighted by molar-refractivity contribution is -0.140. The van der Waals surface area contributed by atoms with Crippen molar-refractivity contribution in [1.82, 2.24) is 14.5 Å². The zero-order valence-electron chi connectivity index (χ0n) is 25.3. The summed E-state index contributed by atoms with van der Waals surface area (Å²) < 4.78 is 43.2. The minimum absolute atomic E-state index is 0.00263. The second kappa shape index (κ2) is 14.1. The molecule has 0 aromatic heterocycles. The number of benzene rings is 3. The lowest BCUT2D eigenvalue weighted by Gasteiger charge is -2.35. The molecule has 0 radical (unpaired) electrons. The second-order valence-electron chi connectivity index (χ2n) is 11.4. The van der Waals surface area contributed by atoms with Gasteiger partial charge >= 0.3 is 10.2 Å². The van der Waals surface area contributed by atoms with Gasteiger partial charge in [0, 0.05) is 33.1 Å².